The Labute approximate surface area is 96.6 Å². The normalized spacial score (nSPS) is 21.6. The maximum atomic E-state index is 12.3. The van der Waals surface area contributed by atoms with E-state index in [1.165, 1.54) is 4.90 Å². The fraction of sp³-hybridized carbons (Fsp3) is 0.833. The molecule has 0 saturated carbocycles. The molecule has 0 radical (unpaired) electrons. The van der Waals surface area contributed by atoms with E-state index in [2.05, 4.69) is 0 Å². The number of likely N-dealkylation sites (tertiary alicyclic amines) is 1. The lowest BCUT2D eigenvalue weighted by Gasteiger charge is -2.27. The molecule has 1 fully saturated rings. The molecule has 2 amide bonds. The summed E-state index contributed by atoms with van der Waals surface area (Å²) >= 11 is 0. The second-order valence-corrected chi connectivity index (χ2v) is 4.48. The van der Waals surface area contributed by atoms with Gasteiger partial charge in [-0.05, 0) is 19.3 Å². The minimum Gasteiger partial charge on any atom is -0.394 e. The van der Waals surface area contributed by atoms with E-state index in [4.69, 9.17) is 0 Å². The van der Waals surface area contributed by atoms with Crippen molar-refractivity contribution in [1.82, 2.24) is 4.90 Å². The van der Waals surface area contributed by atoms with Crippen LogP contribution in [-0.2, 0) is 9.59 Å². The van der Waals surface area contributed by atoms with Gasteiger partial charge in [-0.3, -0.25) is 14.5 Å². The summed E-state index contributed by atoms with van der Waals surface area (Å²) in [5, 5.41) is 9.19. The molecule has 92 valence electrons. The number of rotatable bonds is 5. The predicted molar refractivity (Wildman–Crippen MR) is 60.6 cm³/mol. The van der Waals surface area contributed by atoms with Gasteiger partial charge in [0.2, 0.25) is 11.8 Å². The molecular formula is C12H21NO3. The van der Waals surface area contributed by atoms with Gasteiger partial charge in [-0.2, -0.15) is 0 Å². The third kappa shape index (κ3) is 1.86. The van der Waals surface area contributed by atoms with Crippen LogP contribution in [0.25, 0.3) is 0 Å². The predicted octanol–water partition coefficient (Wildman–Crippen LogP) is 1.32. The first-order valence-corrected chi connectivity index (χ1v) is 6.03. The van der Waals surface area contributed by atoms with E-state index in [-0.39, 0.29) is 24.5 Å². The van der Waals surface area contributed by atoms with Gasteiger partial charge >= 0.3 is 0 Å². The Morgan fingerprint density at radius 1 is 1.31 bits per heavy atom. The Morgan fingerprint density at radius 2 is 1.88 bits per heavy atom. The Balaban J connectivity index is 2.98. The van der Waals surface area contributed by atoms with Crippen LogP contribution in [0.3, 0.4) is 0 Å². The lowest BCUT2D eigenvalue weighted by atomic mass is 9.81. The monoisotopic (exact) mass is 227 g/mol. The van der Waals surface area contributed by atoms with Gasteiger partial charge in [0.05, 0.1) is 18.1 Å². The minimum absolute atomic E-state index is 0.0941. The average Bonchev–Trinajstić information content (AvgIpc) is 2.55. The zero-order valence-electron chi connectivity index (χ0n) is 10.3. The van der Waals surface area contributed by atoms with Gasteiger partial charge in [0.15, 0.2) is 0 Å². The molecule has 0 aromatic rings. The molecule has 1 rings (SSSR count). The van der Waals surface area contributed by atoms with Crippen molar-refractivity contribution in [3.8, 4) is 0 Å². The zero-order valence-corrected chi connectivity index (χ0v) is 10.3. The van der Waals surface area contributed by atoms with Crippen molar-refractivity contribution in [2.75, 3.05) is 6.61 Å². The first kappa shape index (κ1) is 13.2. The highest BCUT2D eigenvalue weighted by Gasteiger charge is 2.50. The smallest absolute Gasteiger partial charge is 0.236 e. The van der Waals surface area contributed by atoms with Crippen LogP contribution >= 0.6 is 0 Å². The molecule has 4 heteroatoms. The summed E-state index contributed by atoms with van der Waals surface area (Å²) in [6.45, 7) is 5.62. The van der Waals surface area contributed by atoms with E-state index in [1.807, 2.05) is 20.8 Å². The summed E-state index contributed by atoms with van der Waals surface area (Å²) in [5.74, 6) is -0.224. The fourth-order valence-corrected chi connectivity index (χ4v) is 2.38. The van der Waals surface area contributed by atoms with Crippen molar-refractivity contribution < 1.29 is 14.7 Å². The second-order valence-electron chi connectivity index (χ2n) is 4.48. The molecule has 0 unspecified atom stereocenters. The standard InChI is InChI=1S/C12H21NO3/c1-4-9(8-14)13-10(15)7-12(5-2,6-3)11(13)16/h9,14H,4-8H2,1-3H3/t9-/m1/s1. The van der Waals surface area contributed by atoms with Gasteiger partial charge in [0, 0.05) is 6.42 Å². The number of hydrogen-bond donors (Lipinski definition) is 1. The van der Waals surface area contributed by atoms with E-state index in [1.54, 1.807) is 0 Å². The molecule has 4 nitrogen and oxygen atoms in total. The molecule has 1 heterocycles. The Kier molecular flexibility index (Phi) is 4.08. The van der Waals surface area contributed by atoms with Crippen LogP contribution in [0.4, 0.5) is 0 Å². The van der Waals surface area contributed by atoms with Gasteiger partial charge in [-0.15, -0.1) is 0 Å². The van der Waals surface area contributed by atoms with E-state index in [0.29, 0.717) is 25.7 Å². The largest absolute Gasteiger partial charge is 0.394 e. The zero-order chi connectivity index (χ0) is 12.3. The Morgan fingerprint density at radius 3 is 2.19 bits per heavy atom. The van der Waals surface area contributed by atoms with Gasteiger partial charge in [0.25, 0.3) is 0 Å². The molecule has 0 bridgehead atoms. The number of imide groups is 1. The van der Waals surface area contributed by atoms with E-state index < -0.39 is 5.41 Å². The lowest BCUT2D eigenvalue weighted by Crippen LogP contribution is -2.44. The van der Waals surface area contributed by atoms with Gasteiger partial charge in [0.1, 0.15) is 0 Å². The molecule has 0 aromatic heterocycles. The Hall–Kier alpha value is -0.900. The summed E-state index contributed by atoms with van der Waals surface area (Å²) < 4.78 is 0. The molecular weight excluding hydrogens is 206 g/mol. The molecule has 1 aliphatic heterocycles. The molecule has 0 aromatic carbocycles. The van der Waals surface area contributed by atoms with Crippen LogP contribution in [0.5, 0.6) is 0 Å². The van der Waals surface area contributed by atoms with E-state index >= 15 is 0 Å². The highest BCUT2D eigenvalue weighted by Crippen LogP contribution is 2.40. The van der Waals surface area contributed by atoms with Crippen LogP contribution in [0.1, 0.15) is 46.5 Å². The quantitative estimate of drug-likeness (QED) is 0.721. The molecule has 1 atom stereocenters. The molecule has 16 heavy (non-hydrogen) atoms. The van der Waals surface area contributed by atoms with Gasteiger partial charge in [-0.1, -0.05) is 20.8 Å². The summed E-state index contributed by atoms with van der Waals surface area (Å²) in [4.78, 5) is 25.4. The molecule has 1 aliphatic rings. The highest BCUT2D eigenvalue weighted by atomic mass is 16.3. The van der Waals surface area contributed by atoms with Crippen LogP contribution in [0.2, 0.25) is 0 Å². The highest BCUT2D eigenvalue weighted by molar-refractivity contribution is 6.06. The van der Waals surface area contributed by atoms with Crippen molar-refractivity contribution in [3.05, 3.63) is 0 Å². The van der Waals surface area contributed by atoms with Crippen LogP contribution < -0.4 is 0 Å². The van der Waals surface area contributed by atoms with Crippen molar-refractivity contribution in [2.24, 2.45) is 5.41 Å². The average molecular weight is 227 g/mol. The third-order valence-electron chi connectivity index (χ3n) is 3.83. The van der Waals surface area contributed by atoms with Crippen molar-refractivity contribution in [1.29, 1.82) is 0 Å². The molecule has 0 aliphatic carbocycles. The topological polar surface area (TPSA) is 57.6 Å². The second kappa shape index (κ2) is 4.95. The number of aliphatic hydroxyl groups is 1. The van der Waals surface area contributed by atoms with Gasteiger partial charge in [-0.25, -0.2) is 0 Å². The van der Waals surface area contributed by atoms with Crippen molar-refractivity contribution >= 4 is 11.8 Å². The maximum Gasteiger partial charge on any atom is 0.236 e. The van der Waals surface area contributed by atoms with Crippen molar-refractivity contribution in [2.45, 2.75) is 52.5 Å². The number of carbonyl (C=O) groups excluding carboxylic acids is 2. The third-order valence-corrected chi connectivity index (χ3v) is 3.83. The first-order chi connectivity index (χ1) is 7.56. The molecule has 1 saturated heterocycles. The number of amides is 2. The summed E-state index contributed by atoms with van der Waals surface area (Å²) in [5.41, 5.74) is -0.514. The lowest BCUT2D eigenvalue weighted by molar-refractivity contribution is -0.145. The molecule has 1 N–H and O–H groups in total. The number of hydrogen-bond acceptors (Lipinski definition) is 3. The number of nitrogens with zero attached hydrogens (tertiary/aromatic N) is 1. The molecule has 0 spiro atoms. The summed E-state index contributed by atoms with van der Waals surface area (Å²) in [7, 11) is 0. The summed E-state index contributed by atoms with van der Waals surface area (Å²) in [6.07, 6.45) is 2.28. The van der Waals surface area contributed by atoms with Crippen LogP contribution in [0, 0.1) is 5.41 Å². The minimum atomic E-state index is -0.514. The maximum absolute atomic E-state index is 12.3. The van der Waals surface area contributed by atoms with E-state index in [9.17, 15) is 14.7 Å². The summed E-state index contributed by atoms with van der Waals surface area (Å²) in [6, 6.07) is -0.347. The van der Waals surface area contributed by atoms with Crippen LogP contribution in [0.15, 0.2) is 0 Å². The SMILES string of the molecule is CC[C@H](CO)N1C(=O)CC(CC)(CC)C1=O. The number of carbonyl (C=O) groups is 2. The van der Waals surface area contributed by atoms with E-state index in [0.717, 1.165) is 0 Å². The number of aliphatic hydroxyl groups excluding tert-OH is 1. The first-order valence-electron chi connectivity index (χ1n) is 6.03. The van der Waals surface area contributed by atoms with Crippen molar-refractivity contribution in [3.63, 3.8) is 0 Å². The fourth-order valence-electron chi connectivity index (χ4n) is 2.38. The van der Waals surface area contributed by atoms with Crippen LogP contribution in [-0.4, -0.2) is 34.5 Å². The Bertz CT molecular complexity index is 280. The van der Waals surface area contributed by atoms with Gasteiger partial charge < -0.3 is 5.11 Å².